The smallest absolute Gasteiger partial charge is 0.205 e. The third kappa shape index (κ3) is 3.26. The van der Waals surface area contributed by atoms with Crippen LogP contribution in [-0.4, -0.2) is 12.4 Å². The summed E-state index contributed by atoms with van der Waals surface area (Å²) in [6.45, 7) is 4.36. The number of nitrogens with zero attached hydrogens (tertiary/aromatic N) is 1. The lowest BCUT2D eigenvalue weighted by atomic mass is 10.7. The standard InChI is InChI=1S/C4H10N2O/c1-3-6-4(2)7-5/h3,5H2,1-2H3. The predicted octanol–water partition coefficient (Wildman–Crippen LogP) is 0.315. The number of aliphatic imine (C=N–C) groups is 1. The van der Waals surface area contributed by atoms with Gasteiger partial charge in [-0.3, -0.25) is 4.99 Å². The van der Waals surface area contributed by atoms with Crippen molar-refractivity contribution in [2.75, 3.05) is 6.54 Å². The summed E-state index contributed by atoms with van der Waals surface area (Å²) in [5, 5.41) is 0. The molecule has 2 N–H and O–H groups in total. The maximum absolute atomic E-state index is 4.73. The van der Waals surface area contributed by atoms with E-state index in [-0.39, 0.29) is 0 Å². The van der Waals surface area contributed by atoms with Crippen LogP contribution < -0.4 is 5.90 Å². The molecule has 0 radical (unpaired) electrons. The van der Waals surface area contributed by atoms with Crippen molar-refractivity contribution in [2.45, 2.75) is 13.8 Å². The van der Waals surface area contributed by atoms with Crippen molar-refractivity contribution < 1.29 is 4.84 Å². The number of nitrogens with two attached hydrogens (primary N) is 1. The van der Waals surface area contributed by atoms with Crippen LogP contribution in [0.25, 0.3) is 0 Å². The van der Waals surface area contributed by atoms with Crippen molar-refractivity contribution in [3.63, 3.8) is 0 Å². The largest absolute Gasteiger partial charge is 0.397 e. The van der Waals surface area contributed by atoms with Gasteiger partial charge in [0.25, 0.3) is 0 Å². The summed E-state index contributed by atoms with van der Waals surface area (Å²) in [6.07, 6.45) is 0. The summed E-state index contributed by atoms with van der Waals surface area (Å²) in [5.74, 6) is 5.26. The molecule has 0 rings (SSSR count). The molecule has 0 aromatic heterocycles. The van der Waals surface area contributed by atoms with Crippen LogP contribution in [-0.2, 0) is 4.84 Å². The van der Waals surface area contributed by atoms with E-state index in [1.165, 1.54) is 0 Å². The van der Waals surface area contributed by atoms with Gasteiger partial charge in [0.1, 0.15) is 0 Å². The lowest BCUT2D eigenvalue weighted by Gasteiger charge is -1.91. The zero-order valence-electron chi connectivity index (χ0n) is 4.64. The van der Waals surface area contributed by atoms with Crippen LogP contribution in [0.3, 0.4) is 0 Å². The first kappa shape index (κ1) is 6.43. The minimum Gasteiger partial charge on any atom is -0.397 e. The molecule has 7 heavy (non-hydrogen) atoms. The average Bonchev–Trinajstić information content (AvgIpc) is 1.68. The zero-order valence-corrected chi connectivity index (χ0v) is 4.64. The molecule has 0 saturated carbocycles. The van der Waals surface area contributed by atoms with Gasteiger partial charge in [-0.1, -0.05) is 0 Å². The molecule has 0 spiro atoms. The highest BCUT2D eigenvalue weighted by Gasteiger charge is 1.79. The molecule has 0 bridgehead atoms. The van der Waals surface area contributed by atoms with Gasteiger partial charge in [0.05, 0.1) is 0 Å². The van der Waals surface area contributed by atoms with Crippen molar-refractivity contribution in [3.05, 3.63) is 0 Å². The molecule has 0 amide bonds. The van der Waals surface area contributed by atoms with Crippen LogP contribution in [0, 0.1) is 0 Å². The van der Waals surface area contributed by atoms with Gasteiger partial charge >= 0.3 is 0 Å². The van der Waals surface area contributed by atoms with E-state index in [0.717, 1.165) is 6.54 Å². The van der Waals surface area contributed by atoms with E-state index < -0.39 is 0 Å². The summed E-state index contributed by atoms with van der Waals surface area (Å²) in [5.41, 5.74) is 0. The first-order valence-corrected chi connectivity index (χ1v) is 2.19. The molecule has 0 aliphatic heterocycles. The van der Waals surface area contributed by atoms with Crippen LogP contribution in [0.2, 0.25) is 0 Å². The Balaban J connectivity index is 3.29. The number of hydrogen-bond acceptors (Lipinski definition) is 3. The summed E-state index contributed by atoms with van der Waals surface area (Å²) in [6, 6.07) is 0. The fourth-order valence-electron chi connectivity index (χ4n) is 0.260. The molecule has 0 aromatic carbocycles. The predicted molar refractivity (Wildman–Crippen MR) is 28.9 cm³/mol. The Morgan fingerprint density at radius 2 is 2.43 bits per heavy atom. The molecule has 0 aliphatic carbocycles. The van der Waals surface area contributed by atoms with Gasteiger partial charge in [-0.05, 0) is 6.92 Å². The normalized spacial score (nSPS) is 11.6. The highest BCUT2D eigenvalue weighted by molar-refractivity contribution is 5.72. The SMILES string of the molecule is CCN=C(C)ON. The molecule has 0 saturated heterocycles. The van der Waals surface area contributed by atoms with Gasteiger partial charge in [-0.25, -0.2) is 0 Å². The summed E-state index contributed by atoms with van der Waals surface area (Å²) in [7, 11) is 0. The topological polar surface area (TPSA) is 47.6 Å². The van der Waals surface area contributed by atoms with E-state index >= 15 is 0 Å². The Bertz CT molecular complexity index is 70.1. The summed E-state index contributed by atoms with van der Waals surface area (Å²) < 4.78 is 0. The molecule has 0 atom stereocenters. The second kappa shape index (κ2) is 3.61. The van der Waals surface area contributed by atoms with Crippen molar-refractivity contribution in [1.82, 2.24) is 0 Å². The van der Waals surface area contributed by atoms with Gasteiger partial charge in [-0.15, -0.1) is 0 Å². The first-order chi connectivity index (χ1) is 3.31. The molecule has 0 unspecified atom stereocenters. The molecule has 3 nitrogen and oxygen atoms in total. The molecule has 0 aromatic rings. The van der Waals surface area contributed by atoms with Crippen LogP contribution in [0.1, 0.15) is 13.8 Å². The lowest BCUT2D eigenvalue weighted by molar-refractivity contribution is 0.317. The van der Waals surface area contributed by atoms with Gasteiger partial charge in [-0.2, -0.15) is 5.90 Å². The quantitative estimate of drug-likeness (QED) is 0.294. The summed E-state index contributed by atoms with van der Waals surface area (Å²) in [4.78, 5) is 8.05. The Labute approximate surface area is 43.1 Å². The maximum Gasteiger partial charge on any atom is 0.205 e. The van der Waals surface area contributed by atoms with E-state index in [1.807, 2.05) is 6.92 Å². The molecular formula is C4H10N2O. The number of hydrogen-bond donors (Lipinski definition) is 1. The van der Waals surface area contributed by atoms with Crippen molar-refractivity contribution >= 4 is 5.90 Å². The van der Waals surface area contributed by atoms with Crippen molar-refractivity contribution in [3.8, 4) is 0 Å². The van der Waals surface area contributed by atoms with Gasteiger partial charge in [0.2, 0.25) is 5.90 Å². The van der Waals surface area contributed by atoms with Gasteiger partial charge in [0.15, 0.2) is 0 Å². The maximum atomic E-state index is 4.73. The fraction of sp³-hybridized carbons (Fsp3) is 0.750. The van der Waals surface area contributed by atoms with Crippen LogP contribution >= 0.6 is 0 Å². The molecule has 0 fully saturated rings. The highest BCUT2D eigenvalue weighted by Crippen LogP contribution is 1.72. The zero-order chi connectivity index (χ0) is 5.70. The third-order valence-corrected chi connectivity index (χ3v) is 0.551. The lowest BCUT2D eigenvalue weighted by Crippen LogP contribution is -2.05. The van der Waals surface area contributed by atoms with E-state index in [4.69, 9.17) is 5.90 Å². The average molecular weight is 102 g/mol. The molecular weight excluding hydrogens is 92.1 g/mol. The first-order valence-electron chi connectivity index (χ1n) is 2.19. The molecule has 3 heteroatoms. The third-order valence-electron chi connectivity index (χ3n) is 0.551. The number of rotatable bonds is 1. The second-order valence-electron chi connectivity index (χ2n) is 1.11. The Hall–Kier alpha value is -0.570. The highest BCUT2D eigenvalue weighted by atomic mass is 16.6. The second-order valence-corrected chi connectivity index (χ2v) is 1.11. The molecule has 42 valence electrons. The Morgan fingerprint density at radius 3 is 2.57 bits per heavy atom. The van der Waals surface area contributed by atoms with Gasteiger partial charge in [0, 0.05) is 13.5 Å². The Kier molecular flexibility index (Phi) is 3.32. The van der Waals surface area contributed by atoms with E-state index in [1.54, 1.807) is 6.92 Å². The molecule has 0 heterocycles. The van der Waals surface area contributed by atoms with Crippen molar-refractivity contribution in [2.24, 2.45) is 10.9 Å². The van der Waals surface area contributed by atoms with Gasteiger partial charge < -0.3 is 4.84 Å². The van der Waals surface area contributed by atoms with Crippen LogP contribution in [0.15, 0.2) is 4.99 Å². The minimum absolute atomic E-state index is 0.530. The molecule has 0 aliphatic rings. The monoisotopic (exact) mass is 102 g/mol. The minimum atomic E-state index is 0.530. The van der Waals surface area contributed by atoms with E-state index in [0.29, 0.717) is 5.90 Å². The van der Waals surface area contributed by atoms with Crippen molar-refractivity contribution in [1.29, 1.82) is 0 Å². The van der Waals surface area contributed by atoms with Crippen LogP contribution in [0.5, 0.6) is 0 Å². The summed E-state index contributed by atoms with van der Waals surface area (Å²) >= 11 is 0. The van der Waals surface area contributed by atoms with E-state index in [2.05, 4.69) is 9.83 Å². The Morgan fingerprint density at radius 1 is 1.86 bits per heavy atom. The van der Waals surface area contributed by atoms with E-state index in [9.17, 15) is 0 Å². The fourth-order valence-corrected chi connectivity index (χ4v) is 0.260. The van der Waals surface area contributed by atoms with Crippen LogP contribution in [0.4, 0.5) is 0 Å².